The van der Waals surface area contributed by atoms with Crippen molar-refractivity contribution in [3.63, 3.8) is 0 Å². The fourth-order valence-electron chi connectivity index (χ4n) is 2.05. The molecule has 0 aromatic carbocycles. The number of rotatable bonds is 3. The molecule has 0 saturated carbocycles. The first-order chi connectivity index (χ1) is 8.15. The van der Waals surface area contributed by atoms with E-state index in [9.17, 15) is 9.59 Å². The summed E-state index contributed by atoms with van der Waals surface area (Å²) in [5.74, 6) is -0.136. The summed E-state index contributed by atoms with van der Waals surface area (Å²) in [4.78, 5) is 25.1. The minimum Gasteiger partial charge on any atom is -0.464 e. The molecule has 2 aliphatic heterocycles. The van der Waals surface area contributed by atoms with E-state index >= 15 is 0 Å². The number of carbonyl (C=O) groups excluding carboxylic acids is 2. The number of hydrogen-bond donors (Lipinski definition) is 1. The van der Waals surface area contributed by atoms with Crippen LogP contribution in [-0.4, -0.2) is 41.6 Å². The SMILES string of the molecule is C=CC1=C(C(=O)OC)N2C(=O)[C@@H](CN)[C@H]2SC1. The number of methoxy groups -OCH3 is 1. The number of nitrogens with zero attached hydrogens (tertiary/aromatic N) is 1. The minimum absolute atomic E-state index is 0.0368. The Morgan fingerprint density at radius 2 is 2.47 bits per heavy atom. The molecule has 0 aliphatic carbocycles. The summed E-state index contributed by atoms with van der Waals surface area (Å²) in [7, 11) is 1.30. The maximum Gasteiger partial charge on any atom is 0.355 e. The molecule has 2 atom stereocenters. The second-order valence-electron chi connectivity index (χ2n) is 3.82. The number of fused-ring (bicyclic) bond motifs is 1. The van der Waals surface area contributed by atoms with Crippen molar-refractivity contribution >= 4 is 23.6 Å². The van der Waals surface area contributed by atoms with Crippen LogP contribution in [0.4, 0.5) is 0 Å². The molecule has 2 rings (SSSR count). The number of carbonyl (C=O) groups is 2. The van der Waals surface area contributed by atoms with Crippen LogP contribution in [0.1, 0.15) is 0 Å². The Kier molecular flexibility index (Phi) is 3.26. The lowest BCUT2D eigenvalue weighted by Gasteiger charge is -2.49. The van der Waals surface area contributed by atoms with Gasteiger partial charge in [-0.25, -0.2) is 4.79 Å². The number of esters is 1. The topological polar surface area (TPSA) is 72.6 Å². The Morgan fingerprint density at radius 1 is 1.76 bits per heavy atom. The van der Waals surface area contributed by atoms with E-state index in [4.69, 9.17) is 10.5 Å². The minimum atomic E-state index is -0.492. The number of hydrogen-bond acceptors (Lipinski definition) is 5. The summed E-state index contributed by atoms with van der Waals surface area (Å²) < 4.78 is 4.71. The predicted molar refractivity (Wildman–Crippen MR) is 64.9 cm³/mol. The molecule has 6 heteroatoms. The Bertz CT molecular complexity index is 419. The third kappa shape index (κ3) is 1.68. The first-order valence-corrected chi connectivity index (χ1v) is 6.29. The van der Waals surface area contributed by atoms with Gasteiger partial charge in [0, 0.05) is 12.3 Å². The van der Waals surface area contributed by atoms with Crippen molar-refractivity contribution in [3.05, 3.63) is 23.9 Å². The third-order valence-electron chi connectivity index (χ3n) is 2.99. The van der Waals surface area contributed by atoms with E-state index in [1.807, 2.05) is 0 Å². The smallest absolute Gasteiger partial charge is 0.355 e. The fourth-order valence-corrected chi connectivity index (χ4v) is 3.47. The van der Waals surface area contributed by atoms with Crippen molar-refractivity contribution in [1.82, 2.24) is 4.90 Å². The van der Waals surface area contributed by atoms with Gasteiger partial charge >= 0.3 is 5.97 Å². The number of allylic oxidation sites excluding steroid dienone is 1. The van der Waals surface area contributed by atoms with E-state index in [1.54, 1.807) is 17.8 Å². The molecule has 2 heterocycles. The van der Waals surface area contributed by atoms with Gasteiger partial charge < -0.3 is 10.5 Å². The van der Waals surface area contributed by atoms with Gasteiger partial charge in [-0.05, 0) is 5.57 Å². The highest BCUT2D eigenvalue weighted by Gasteiger charge is 2.52. The number of ether oxygens (including phenoxy) is 1. The quantitative estimate of drug-likeness (QED) is 0.571. The van der Waals surface area contributed by atoms with E-state index < -0.39 is 5.97 Å². The lowest BCUT2D eigenvalue weighted by Crippen LogP contribution is -2.63. The average Bonchev–Trinajstić information content (AvgIpc) is 2.36. The molecule has 1 fully saturated rings. The molecule has 1 saturated heterocycles. The van der Waals surface area contributed by atoms with Crippen molar-refractivity contribution in [2.45, 2.75) is 5.37 Å². The molecule has 0 radical (unpaired) electrons. The molecule has 2 N–H and O–H groups in total. The van der Waals surface area contributed by atoms with Crippen molar-refractivity contribution in [1.29, 1.82) is 0 Å². The number of nitrogens with two attached hydrogens (primary N) is 1. The molecule has 92 valence electrons. The second kappa shape index (κ2) is 4.54. The predicted octanol–water partition coefficient (Wildman–Crippen LogP) is 0.0895. The lowest BCUT2D eigenvalue weighted by atomic mass is 9.95. The highest BCUT2D eigenvalue weighted by atomic mass is 32.2. The maximum atomic E-state index is 11.9. The molecule has 17 heavy (non-hydrogen) atoms. The van der Waals surface area contributed by atoms with Crippen molar-refractivity contribution < 1.29 is 14.3 Å². The van der Waals surface area contributed by atoms with Crippen molar-refractivity contribution in [2.24, 2.45) is 11.7 Å². The molecule has 2 aliphatic rings. The van der Waals surface area contributed by atoms with Gasteiger partial charge in [0.05, 0.1) is 18.4 Å². The first kappa shape index (κ1) is 12.2. The van der Waals surface area contributed by atoms with Crippen LogP contribution in [0.25, 0.3) is 0 Å². The van der Waals surface area contributed by atoms with Crippen molar-refractivity contribution in [2.75, 3.05) is 19.4 Å². The van der Waals surface area contributed by atoms with Crippen LogP contribution in [-0.2, 0) is 14.3 Å². The van der Waals surface area contributed by atoms with E-state index in [0.29, 0.717) is 18.0 Å². The maximum absolute atomic E-state index is 11.9. The number of β-lactam (4-membered cyclic amide) rings is 1. The standard InChI is InChI=1S/C11H14N2O3S/c1-3-6-5-17-10-7(4-12)9(14)13(10)8(6)11(15)16-2/h3,7,10H,1,4-5,12H2,2H3/t7-,10-/m1/s1. The van der Waals surface area contributed by atoms with E-state index in [1.165, 1.54) is 12.0 Å². The van der Waals surface area contributed by atoms with Crippen LogP contribution >= 0.6 is 11.8 Å². The average molecular weight is 254 g/mol. The molecule has 0 unspecified atom stereocenters. The van der Waals surface area contributed by atoms with Gasteiger partial charge in [0.2, 0.25) is 5.91 Å². The molecular weight excluding hydrogens is 240 g/mol. The zero-order valence-corrected chi connectivity index (χ0v) is 10.3. The molecule has 0 aromatic heterocycles. The van der Waals surface area contributed by atoms with Gasteiger partial charge in [0.25, 0.3) is 0 Å². The van der Waals surface area contributed by atoms with Gasteiger partial charge in [0.15, 0.2) is 0 Å². The van der Waals surface area contributed by atoms with E-state index in [0.717, 1.165) is 5.57 Å². The van der Waals surface area contributed by atoms with Gasteiger partial charge in [0.1, 0.15) is 5.70 Å². The Hall–Kier alpha value is -1.27. The Balaban J connectivity index is 2.36. The summed E-state index contributed by atoms with van der Waals surface area (Å²) in [5.41, 5.74) is 6.60. The molecule has 1 amide bonds. The zero-order valence-electron chi connectivity index (χ0n) is 9.51. The first-order valence-electron chi connectivity index (χ1n) is 5.24. The summed E-state index contributed by atoms with van der Waals surface area (Å²) in [6.45, 7) is 3.97. The van der Waals surface area contributed by atoms with Gasteiger partial charge in [-0.2, -0.15) is 0 Å². The fraction of sp³-hybridized carbons (Fsp3) is 0.455. The normalized spacial score (nSPS) is 27.4. The lowest BCUT2D eigenvalue weighted by molar-refractivity contribution is -0.152. The zero-order chi connectivity index (χ0) is 12.6. The Labute approximate surface area is 104 Å². The van der Waals surface area contributed by atoms with Gasteiger partial charge in [-0.3, -0.25) is 9.69 Å². The van der Waals surface area contributed by atoms with Gasteiger partial charge in [-0.1, -0.05) is 12.7 Å². The highest BCUT2D eigenvalue weighted by Crippen LogP contribution is 2.43. The monoisotopic (exact) mass is 254 g/mol. The van der Waals surface area contributed by atoms with Crippen LogP contribution in [0, 0.1) is 5.92 Å². The summed E-state index contributed by atoms with van der Waals surface area (Å²) in [5, 5.41) is -0.0368. The Morgan fingerprint density at radius 3 is 3.00 bits per heavy atom. The molecule has 0 spiro atoms. The third-order valence-corrected chi connectivity index (χ3v) is 4.35. The molecule has 5 nitrogen and oxygen atoms in total. The molecule has 0 aromatic rings. The second-order valence-corrected chi connectivity index (χ2v) is 4.93. The number of amides is 1. The van der Waals surface area contributed by atoms with Crippen LogP contribution in [0.2, 0.25) is 0 Å². The van der Waals surface area contributed by atoms with Crippen LogP contribution < -0.4 is 5.73 Å². The summed E-state index contributed by atoms with van der Waals surface area (Å²) in [6, 6.07) is 0. The van der Waals surface area contributed by atoms with Crippen LogP contribution in [0.15, 0.2) is 23.9 Å². The van der Waals surface area contributed by atoms with Gasteiger partial charge in [-0.15, -0.1) is 11.8 Å². The highest BCUT2D eigenvalue weighted by molar-refractivity contribution is 8.00. The van der Waals surface area contributed by atoms with Crippen molar-refractivity contribution in [3.8, 4) is 0 Å². The number of thioether (sulfide) groups is 1. The van der Waals surface area contributed by atoms with E-state index in [-0.39, 0.29) is 17.2 Å². The van der Waals surface area contributed by atoms with Crippen LogP contribution in [0.5, 0.6) is 0 Å². The summed E-state index contributed by atoms with van der Waals surface area (Å²) >= 11 is 1.60. The van der Waals surface area contributed by atoms with Crippen LogP contribution in [0.3, 0.4) is 0 Å². The summed E-state index contributed by atoms with van der Waals surface area (Å²) in [6.07, 6.45) is 1.60. The molecular formula is C11H14N2O3S. The largest absolute Gasteiger partial charge is 0.464 e. The molecule has 0 bridgehead atoms. The van der Waals surface area contributed by atoms with E-state index in [2.05, 4.69) is 6.58 Å².